The van der Waals surface area contributed by atoms with Crippen LogP contribution in [0.1, 0.15) is 13.3 Å². The third kappa shape index (κ3) is 3.94. The van der Waals surface area contributed by atoms with Gasteiger partial charge >= 0.3 is 0 Å². The second-order valence-corrected chi connectivity index (χ2v) is 4.90. The number of hydrogen-bond donors (Lipinski definition) is 1. The normalized spacial score (nSPS) is 27.8. The molecule has 17 heavy (non-hydrogen) atoms. The summed E-state index contributed by atoms with van der Waals surface area (Å²) in [7, 11) is 0. The molecule has 0 aliphatic carbocycles. The summed E-state index contributed by atoms with van der Waals surface area (Å²) in [5, 5.41) is 3.30. The lowest BCUT2D eigenvalue weighted by Crippen LogP contribution is -2.49. The average Bonchev–Trinajstić information content (AvgIpc) is 2.55. The fourth-order valence-electron chi connectivity index (χ4n) is 2.38. The van der Waals surface area contributed by atoms with Crippen LogP contribution in [0.3, 0.4) is 0 Å². The Balaban J connectivity index is 1.80. The van der Waals surface area contributed by atoms with Gasteiger partial charge in [-0.05, 0) is 13.3 Å². The molecule has 0 saturated carbocycles. The van der Waals surface area contributed by atoms with Crippen LogP contribution in [0.25, 0.3) is 0 Å². The molecule has 0 spiro atoms. The molecule has 0 aromatic rings. The summed E-state index contributed by atoms with van der Waals surface area (Å²) in [6.07, 6.45) is 1.13. The second kappa shape index (κ2) is 6.33. The minimum Gasteiger partial charge on any atom is -0.377 e. The Bertz CT molecular complexity index is 254. The lowest BCUT2D eigenvalue weighted by Gasteiger charge is -2.29. The van der Waals surface area contributed by atoms with Crippen LogP contribution in [0.15, 0.2) is 0 Å². The van der Waals surface area contributed by atoms with Gasteiger partial charge in [0.25, 0.3) is 0 Å². The number of hydrogen-bond acceptors (Lipinski definition) is 4. The molecule has 0 aromatic heterocycles. The van der Waals surface area contributed by atoms with Gasteiger partial charge in [0.2, 0.25) is 5.91 Å². The molecule has 0 aromatic carbocycles. The van der Waals surface area contributed by atoms with E-state index >= 15 is 0 Å². The van der Waals surface area contributed by atoms with Crippen LogP contribution in [-0.4, -0.2) is 74.2 Å². The van der Waals surface area contributed by atoms with Crippen molar-refractivity contribution in [3.63, 3.8) is 0 Å². The molecule has 2 heterocycles. The first kappa shape index (κ1) is 12.8. The number of carbonyl (C=O) groups is 1. The van der Waals surface area contributed by atoms with Gasteiger partial charge in [0.1, 0.15) is 0 Å². The monoisotopic (exact) mass is 241 g/mol. The SMILES string of the molecule is CC1CN(C(=O)CN2CCNCC2)CCCO1. The van der Waals surface area contributed by atoms with E-state index in [-0.39, 0.29) is 12.0 Å². The maximum Gasteiger partial charge on any atom is 0.236 e. The van der Waals surface area contributed by atoms with Gasteiger partial charge in [0, 0.05) is 45.9 Å². The first-order valence-corrected chi connectivity index (χ1v) is 6.58. The van der Waals surface area contributed by atoms with Gasteiger partial charge in [-0.15, -0.1) is 0 Å². The highest BCUT2D eigenvalue weighted by Crippen LogP contribution is 2.06. The Morgan fingerprint density at radius 1 is 1.35 bits per heavy atom. The summed E-state index contributed by atoms with van der Waals surface area (Å²) >= 11 is 0. The molecule has 2 rings (SSSR count). The molecule has 0 radical (unpaired) electrons. The molecule has 5 nitrogen and oxygen atoms in total. The molecular weight excluding hydrogens is 218 g/mol. The van der Waals surface area contributed by atoms with Crippen LogP contribution >= 0.6 is 0 Å². The number of nitrogens with zero attached hydrogens (tertiary/aromatic N) is 2. The molecule has 2 fully saturated rings. The number of amides is 1. The van der Waals surface area contributed by atoms with E-state index in [0.29, 0.717) is 6.54 Å². The van der Waals surface area contributed by atoms with E-state index in [1.54, 1.807) is 0 Å². The fraction of sp³-hybridized carbons (Fsp3) is 0.917. The van der Waals surface area contributed by atoms with Crippen molar-refractivity contribution in [2.24, 2.45) is 0 Å². The van der Waals surface area contributed by atoms with Crippen LogP contribution in [0.2, 0.25) is 0 Å². The van der Waals surface area contributed by atoms with Gasteiger partial charge in [-0.2, -0.15) is 0 Å². The number of rotatable bonds is 2. The van der Waals surface area contributed by atoms with Crippen molar-refractivity contribution in [3.05, 3.63) is 0 Å². The zero-order valence-corrected chi connectivity index (χ0v) is 10.7. The molecule has 1 unspecified atom stereocenters. The van der Waals surface area contributed by atoms with Gasteiger partial charge in [0.05, 0.1) is 12.6 Å². The van der Waals surface area contributed by atoms with Gasteiger partial charge in [-0.25, -0.2) is 0 Å². The first-order valence-electron chi connectivity index (χ1n) is 6.58. The van der Waals surface area contributed by atoms with E-state index in [1.807, 2.05) is 11.8 Å². The average molecular weight is 241 g/mol. The highest BCUT2D eigenvalue weighted by atomic mass is 16.5. The van der Waals surface area contributed by atoms with Crippen molar-refractivity contribution in [2.45, 2.75) is 19.4 Å². The third-order valence-electron chi connectivity index (χ3n) is 3.37. The lowest BCUT2D eigenvalue weighted by atomic mass is 10.3. The predicted molar refractivity (Wildman–Crippen MR) is 65.9 cm³/mol. The molecule has 2 aliphatic rings. The quantitative estimate of drug-likeness (QED) is 0.710. The highest BCUT2D eigenvalue weighted by Gasteiger charge is 2.22. The molecule has 5 heteroatoms. The Morgan fingerprint density at radius 2 is 2.12 bits per heavy atom. The maximum atomic E-state index is 12.2. The standard InChI is InChI=1S/C12H23N3O2/c1-11-9-15(5-2-8-17-11)12(16)10-14-6-3-13-4-7-14/h11,13H,2-10H2,1H3. The summed E-state index contributed by atoms with van der Waals surface area (Å²) in [5.74, 6) is 0.254. The van der Waals surface area contributed by atoms with Crippen LogP contribution in [0, 0.1) is 0 Å². The molecular formula is C12H23N3O2. The summed E-state index contributed by atoms with van der Waals surface area (Å²) in [6.45, 7) is 8.90. The van der Waals surface area contributed by atoms with Gasteiger partial charge in [-0.1, -0.05) is 0 Å². The largest absolute Gasteiger partial charge is 0.377 e. The fourth-order valence-corrected chi connectivity index (χ4v) is 2.38. The van der Waals surface area contributed by atoms with E-state index in [1.165, 1.54) is 0 Å². The Morgan fingerprint density at radius 3 is 2.88 bits per heavy atom. The van der Waals surface area contributed by atoms with E-state index < -0.39 is 0 Å². The third-order valence-corrected chi connectivity index (χ3v) is 3.37. The van der Waals surface area contributed by atoms with Crippen LogP contribution in [-0.2, 0) is 9.53 Å². The molecule has 98 valence electrons. The number of ether oxygens (including phenoxy) is 1. The van der Waals surface area contributed by atoms with Gasteiger partial charge < -0.3 is 15.0 Å². The van der Waals surface area contributed by atoms with Crippen molar-refractivity contribution in [1.29, 1.82) is 0 Å². The summed E-state index contributed by atoms with van der Waals surface area (Å²) in [5.41, 5.74) is 0. The molecule has 2 aliphatic heterocycles. The zero-order valence-electron chi connectivity index (χ0n) is 10.7. The minimum absolute atomic E-state index is 0.171. The second-order valence-electron chi connectivity index (χ2n) is 4.90. The number of piperazine rings is 1. The Labute approximate surface area is 103 Å². The highest BCUT2D eigenvalue weighted by molar-refractivity contribution is 5.78. The molecule has 1 amide bonds. The van der Waals surface area contributed by atoms with Crippen molar-refractivity contribution in [2.75, 3.05) is 52.4 Å². The van der Waals surface area contributed by atoms with Gasteiger partial charge in [0.15, 0.2) is 0 Å². The van der Waals surface area contributed by atoms with Gasteiger partial charge in [-0.3, -0.25) is 9.69 Å². The van der Waals surface area contributed by atoms with Crippen molar-refractivity contribution in [3.8, 4) is 0 Å². The van der Waals surface area contributed by atoms with Crippen LogP contribution in [0.5, 0.6) is 0 Å². The van der Waals surface area contributed by atoms with Crippen molar-refractivity contribution in [1.82, 2.24) is 15.1 Å². The maximum absolute atomic E-state index is 12.2. The van der Waals surface area contributed by atoms with Crippen molar-refractivity contribution < 1.29 is 9.53 Å². The number of carbonyl (C=O) groups excluding carboxylic acids is 1. The van der Waals surface area contributed by atoms with E-state index in [0.717, 1.165) is 52.3 Å². The molecule has 0 bridgehead atoms. The number of nitrogens with one attached hydrogen (secondary N) is 1. The topological polar surface area (TPSA) is 44.8 Å². The predicted octanol–water partition coefficient (Wildman–Crippen LogP) is -0.471. The van der Waals surface area contributed by atoms with Crippen LogP contribution in [0.4, 0.5) is 0 Å². The van der Waals surface area contributed by atoms with E-state index in [4.69, 9.17) is 4.74 Å². The first-order chi connectivity index (χ1) is 8.25. The van der Waals surface area contributed by atoms with Crippen LogP contribution < -0.4 is 5.32 Å². The smallest absolute Gasteiger partial charge is 0.236 e. The Kier molecular flexibility index (Phi) is 4.76. The summed E-state index contributed by atoms with van der Waals surface area (Å²) in [4.78, 5) is 16.4. The lowest BCUT2D eigenvalue weighted by molar-refractivity contribution is -0.133. The molecule has 2 saturated heterocycles. The zero-order chi connectivity index (χ0) is 12.1. The van der Waals surface area contributed by atoms with E-state index in [2.05, 4.69) is 10.2 Å². The van der Waals surface area contributed by atoms with E-state index in [9.17, 15) is 4.79 Å². The Hall–Kier alpha value is -0.650. The van der Waals surface area contributed by atoms with Crippen molar-refractivity contribution >= 4 is 5.91 Å². The molecule has 1 atom stereocenters. The minimum atomic E-state index is 0.171. The summed E-state index contributed by atoms with van der Waals surface area (Å²) < 4.78 is 5.56. The molecule has 1 N–H and O–H groups in total. The summed E-state index contributed by atoms with van der Waals surface area (Å²) in [6, 6.07) is 0.